The lowest BCUT2D eigenvalue weighted by Gasteiger charge is -2.38. The zero-order valence-corrected chi connectivity index (χ0v) is 20.6. The van der Waals surface area contributed by atoms with Gasteiger partial charge >= 0.3 is 0 Å². The smallest absolute Gasteiger partial charge is 0.274 e. The Morgan fingerprint density at radius 2 is 1.61 bits per heavy atom. The second-order valence-corrected chi connectivity index (χ2v) is 9.97. The van der Waals surface area contributed by atoms with Crippen LogP contribution >= 0.6 is 0 Å². The van der Waals surface area contributed by atoms with Crippen LogP contribution in [-0.4, -0.2) is 51.7 Å². The maximum atomic E-state index is 13.3. The molecule has 5 nitrogen and oxygen atoms in total. The van der Waals surface area contributed by atoms with Crippen LogP contribution in [0.4, 0.5) is 0 Å². The van der Waals surface area contributed by atoms with Crippen molar-refractivity contribution < 1.29 is 4.79 Å². The molecule has 0 spiro atoms. The lowest BCUT2D eigenvalue weighted by atomic mass is 9.86. The number of amides is 1. The predicted molar refractivity (Wildman–Crippen MR) is 134 cm³/mol. The summed E-state index contributed by atoms with van der Waals surface area (Å²) in [5.74, 6) is 0.0294. The third-order valence-electron chi connectivity index (χ3n) is 6.78. The molecule has 2 aromatic carbocycles. The summed E-state index contributed by atoms with van der Waals surface area (Å²) in [7, 11) is 0. The molecule has 0 bridgehead atoms. The molecule has 1 aliphatic heterocycles. The number of aryl methyl sites for hydroxylation is 1. The minimum Gasteiger partial charge on any atom is -0.335 e. The fourth-order valence-corrected chi connectivity index (χ4v) is 4.55. The Kier molecular flexibility index (Phi) is 6.71. The number of piperazine rings is 1. The highest BCUT2D eigenvalue weighted by Gasteiger charge is 2.27. The van der Waals surface area contributed by atoms with Crippen molar-refractivity contribution in [3.05, 3.63) is 77.5 Å². The van der Waals surface area contributed by atoms with Gasteiger partial charge in [0.1, 0.15) is 0 Å². The van der Waals surface area contributed by atoms with E-state index >= 15 is 0 Å². The van der Waals surface area contributed by atoms with Crippen molar-refractivity contribution in [1.29, 1.82) is 0 Å². The van der Waals surface area contributed by atoms with Crippen LogP contribution in [0.3, 0.4) is 0 Å². The van der Waals surface area contributed by atoms with Gasteiger partial charge in [0.2, 0.25) is 0 Å². The lowest BCUT2D eigenvalue weighted by Crippen LogP contribution is -2.49. The number of aromatic nitrogens is 2. The van der Waals surface area contributed by atoms with Crippen LogP contribution in [0.1, 0.15) is 62.3 Å². The van der Waals surface area contributed by atoms with Gasteiger partial charge in [0.05, 0.1) is 5.69 Å². The summed E-state index contributed by atoms with van der Waals surface area (Å²) in [6.45, 7) is 14.9. The Bertz CT molecular complexity index is 1070. The first-order valence-electron chi connectivity index (χ1n) is 12.0. The quantitative estimate of drug-likeness (QED) is 0.530. The van der Waals surface area contributed by atoms with Gasteiger partial charge in [-0.3, -0.25) is 14.4 Å². The predicted octanol–water partition coefficient (Wildman–Crippen LogP) is 5.39. The fourth-order valence-electron chi connectivity index (χ4n) is 4.55. The van der Waals surface area contributed by atoms with Crippen molar-refractivity contribution in [3.8, 4) is 11.3 Å². The van der Waals surface area contributed by atoms with Gasteiger partial charge in [0, 0.05) is 38.8 Å². The minimum absolute atomic E-state index is 0.0294. The van der Waals surface area contributed by atoms with E-state index < -0.39 is 0 Å². The number of benzene rings is 2. The Morgan fingerprint density at radius 1 is 0.970 bits per heavy atom. The molecule has 0 N–H and O–H groups in total. The SMILES string of the molecule is CCn1nc(C(=O)N2CCN([C@@H](C)c3ccccc3)CC2)cc1-c1ccc(C(C)(C)C)cc1. The number of nitrogens with zero attached hydrogens (tertiary/aromatic N) is 4. The van der Waals surface area contributed by atoms with Crippen LogP contribution < -0.4 is 0 Å². The average molecular weight is 445 g/mol. The number of carbonyl (C=O) groups excluding carboxylic acids is 1. The topological polar surface area (TPSA) is 41.4 Å². The molecule has 2 heterocycles. The number of rotatable bonds is 5. The summed E-state index contributed by atoms with van der Waals surface area (Å²) < 4.78 is 1.94. The molecular formula is C28H36N4O. The van der Waals surface area contributed by atoms with E-state index in [-0.39, 0.29) is 11.3 Å². The van der Waals surface area contributed by atoms with Crippen molar-refractivity contribution in [3.63, 3.8) is 0 Å². The molecule has 1 amide bonds. The van der Waals surface area contributed by atoms with Gasteiger partial charge in [-0.05, 0) is 42.0 Å². The number of carbonyl (C=O) groups is 1. The van der Waals surface area contributed by atoms with Crippen molar-refractivity contribution in [2.24, 2.45) is 0 Å². The van der Waals surface area contributed by atoms with Crippen LogP contribution in [0.5, 0.6) is 0 Å². The Hall–Kier alpha value is -2.92. The molecule has 5 heteroatoms. The summed E-state index contributed by atoms with van der Waals surface area (Å²) in [6, 6.07) is 21.5. The van der Waals surface area contributed by atoms with E-state index in [4.69, 9.17) is 0 Å². The highest BCUT2D eigenvalue weighted by Crippen LogP contribution is 2.27. The van der Waals surface area contributed by atoms with E-state index in [2.05, 4.69) is 99.2 Å². The first kappa shape index (κ1) is 23.2. The molecule has 1 fully saturated rings. The van der Waals surface area contributed by atoms with Crippen molar-refractivity contribution >= 4 is 5.91 Å². The van der Waals surface area contributed by atoms with E-state index in [1.807, 2.05) is 15.6 Å². The molecule has 1 aromatic heterocycles. The molecule has 3 aromatic rings. The highest BCUT2D eigenvalue weighted by atomic mass is 16.2. The van der Waals surface area contributed by atoms with Crippen LogP contribution in [0.15, 0.2) is 60.7 Å². The maximum Gasteiger partial charge on any atom is 0.274 e. The molecule has 1 atom stereocenters. The minimum atomic E-state index is 0.0294. The van der Waals surface area contributed by atoms with Gasteiger partial charge in [0.15, 0.2) is 5.69 Å². The maximum absolute atomic E-state index is 13.3. The second kappa shape index (κ2) is 9.52. The summed E-state index contributed by atoms with van der Waals surface area (Å²) in [5.41, 5.74) is 5.37. The molecule has 0 saturated carbocycles. The van der Waals surface area contributed by atoms with Gasteiger partial charge in [0.25, 0.3) is 5.91 Å². The number of hydrogen-bond donors (Lipinski definition) is 0. The largest absolute Gasteiger partial charge is 0.335 e. The normalized spacial score (nSPS) is 16.1. The van der Waals surface area contributed by atoms with Gasteiger partial charge in [-0.1, -0.05) is 75.4 Å². The molecule has 0 aliphatic carbocycles. The Labute approximate surface area is 198 Å². The first-order chi connectivity index (χ1) is 15.8. The van der Waals surface area contributed by atoms with Crippen LogP contribution in [0.2, 0.25) is 0 Å². The van der Waals surface area contributed by atoms with E-state index in [1.54, 1.807) is 0 Å². The van der Waals surface area contributed by atoms with Crippen molar-refractivity contribution in [2.45, 2.75) is 52.6 Å². The van der Waals surface area contributed by atoms with Crippen LogP contribution in [0.25, 0.3) is 11.3 Å². The van der Waals surface area contributed by atoms with Crippen molar-refractivity contribution in [1.82, 2.24) is 19.6 Å². The van der Waals surface area contributed by atoms with Gasteiger partial charge in [-0.2, -0.15) is 5.10 Å². The summed E-state index contributed by atoms with van der Waals surface area (Å²) >= 11 is 0. The highest BCUT2D eigenvalue weighted by molar-refractivity contribution is 5.93. The molecular weight excluding hydrogens is 408 g/mol. The van der Waals surface area contributed by atoms with Gasteiger partial charge in [-0.25, -0.2) is 0 Å². The molecule has 1 aliphatic rings. The van der Waals surface area contributed by atoms with E-state index in [1.165, 1.54) is 11.1 Å². The van der Waals surface area contributed by atoms with E-state index in [0.29, 0.717) is 11.7 Å². The Balaban J connectivity index is 1.46. The zero-order valence-electron chi connectivity index (χ0n) is 20.6. The van der Waals surface area contributed by atoms with E-state index in [9.17, 15) is 4.79 Å². The summed E-state index contributed by atoms with van der Waals surface area (Å²) in [6.07, 6.45) is 0. The van der Waals surface area contributed by atoms with Gasteiger partial charge in [-0.15, -0.1) is 0 Å². The summed E-state index contributed by atoms with van der Waals surface area (Å²) in [4.78, 5) is 17.7. The average Bonchev–Trinajstić information content (AvgIpc) is 3.28. The molecule has 33 heavy (non-hydrogen) atoms. The molecule has 174 valence electrons. The second-order valence-electron chi connectivity index (χ2n) is 9.97. The molecule has 0 radical (unpaired) electrons. The third kappa shape index (κ3) is 5.03. The first-order valence-corrected chi connectivity index (χ1v) is 12.0. The van der Waals surface area contributed by atoms with Crippen molar-refractivity contribution in [2.75, 3.05) is 26.2 Å². The van der Waals surface area contributed by atoms with Gasteiger partial charge < -0.3 is 4.90 Å². The zero-order chi connectivity index (χ0) is 23.6. The number of hydrogen-bond acceptors (Lipinski definition) is 3. The molecule has 0 unspecified atom stereocenters. The van der Waals surface area contributed by atoms with Crippen LogP contribution in [0, 0.1) is 0 Å². The van der Waals surface area contributed by atoms with E-state index in [0.717, 1.165) is 44.0 Å². The standard InChI is InChI=1S/C28H36N4O/c1-6-32-26(23-12-14-24(15-13-23)28(3,4)5)20-25(29-32)27(33)31-18-16-30(17-19-31)21(2)22-10-8-7-9-11-22/h7-15,20-21H,6,16-19H2,1-5H3/t21-/m0/s1. The van der Waals surface area contributed by atoms with Crippen LogP contribution in [-0.2, 0) is 12.0 Å². The lowest BCUT2D eigenvalue weighted by molar-refractivity contribution is 0.0576. The third-order valence-corrected chi connectivity index (χ3v) is 6.78. The summed E-state index contributed by atoms with van der Waals surface area (Å²) in [5, 5.41) is 4.66. The fraction of sp³-hybridized carbons (Fsp3) is 0.429. The molecule has 4 rings (SSSR count). The monoisotopic (exact) mass is 444 g/mol. The molecule has 1 saturated heterocycles. The Morgan fingerprint density at radius 3 is 2.18 bits per heavy atom.